The molecule has 6 nitrogen and oxygen atoms in total. The number of nitrogens with one attached hydrogen (secondary N) is 1. The highest BCUT2D eigenvalue weighted by atomic mass is 35.5. The minimum absolute atomic E-state index is 0.264. The van der Waals surface area contributed by atoms with Gasteiger partial charge in [-0.05, 0) is 12.8 Å². The molecule has 1 rings (SSSR count). The van der Waals surface area contributed by atoms with Crippen LogP contribution in [0.4, 0.5) is 4.79 Å². The van der Waals surface area contributed by atoms with Crippen LogP contribution in [-0.4, -0.2) is 48.9 Å². The average molecular weight is 263 g/mol. The molecule has 0 aromatic rings. The molecule has 0 aliphatic carbocycles. The molecule has 96 valence electrons. The topological polar surface area (TPSA) is 75.7 Å². The second-order valence-electron chi connectivity index (χ2n) is 3.80. The van der Waals surface area contributed by atoms with Gasteiger partial charge in [0.15, 0.2) is 0 Å². The second-order valence-corrected chi connectivity index (χ2v) is 4.06. The third-order valence-corrected chi connectivity index (χ3v) is 2.85. The number of ether oxygens (including phenoxy) is 1. The van der Waals surface area contributed by atoms with E-state index in [9.17, 15) is 14.4 Å². The lowest BCUT2D eigenvalue weighted by molar-refractivity contribution is -0.146. The molecule has 3 amide bonds. The summed E-state index contributed by atoms with van der Waals surface area (Å²) in [5.74, 6) is -1.45. The fraction of sp³-hybridized carbons (Fsp3) is 0.700. The maximum absolute atomic E-state index is 11.6. The highest BCUT2D eigenvalue weighted by Crippen LogP contribution is 2.17. The molecule has 0 spiro atoms. The molecule has 7 heteroatoms. The van der Waals surface area contributed by atoms with Gasteiger partial charge in [-0.3, -0.25) is 14.9 Å². The predicted octanol–water partition coefficient (Wildman–Crippen LogP) is 0.346. The fourth-order valence-electron chi connectivity index (χ4n) is 1.75. The third kappa shape index (κ3) is 3.89. The van der Waals surface area contributed by atoms with Crippen molar-refractivity contribution in [2.75, 3.05) is 26.1 Å². The van der Waals surface area contributed by atoms with Gasteiger partial charge in [-0.15, -0.1) is 11.6 Å². The molecule has 0 radical (unpaired) electrons. The molecule has 1 aliphatic heterocycles. The molecule has 0 saturated carbocycles. The van der Waals surface area contributed by atoms with Crippen LogP contribution < -0.4 is 5.32 Å². The maximum Gasteiger partial charge on any atom is 0.324 e. The van der Waals surface area contributed by atoms with Gasteiger partial charge in [-0.2, -0.15) is 0 Å². The molecule has 1 aliphatic rings. The maximum atomic E-state index is 11.6. The number of nitrogens with zero attached hydrogens (tertiary/aromatic N) is 1. The van der Waals surface area contributed by atoms with E-state index >= 15 is 0 Å². The number of rotatable bonds is 2. The van der Waals surface area contributed by atoms with Crippen LogP contribution in [0.15, 0.2) is 0 Å². The van der Waals surface area contributed by atoms with E-state index in [0.29, 0.717) is 19.4 Å². The molecule has 1 saturated heterocycles. The van der Waals surface area contributed by atoms with Crippen molar-refractivity contribution < 1.29 is 19.1 Å². The summed E-state index contributed by atoms with van der Waals surface area (Å²) in [7, 11) is 1.32. The van der Waals surface area contributed by atoms with Crippen LogP contribution in [0, 0.1) is 5.92 Å². The number of amides is 3. The van der Waals surface area contributed by atoms with Gasteiger partial charge in [-0.1, -0.05) is 0 Å². The number of urea groups is 1. The van der Waals surface area contributed by atoms with E-state index in [1.54, 1.807) is 0 Å². The molecular weight excluding hydrogens is 248 g/mol. The van der Waals surface area contributed by atoms with Crippen molar-refractivity contribution in [1.82, 2.24) is 10.2 Å². The van der Waals surface area contributed by atoms with E-state index in [0.717, 1.165) is 0 Å². The molecule has 17 heavy (non-hydrogen) atoms. The summed E-state index contributed by atoms with van der Waals surface area (Å²) in [6, 6.07) is -0.510. The summed E-state index contributed by atoms with van der Waals surface area (Å²) in [5.41, 5.74) is 0. The molecular formula is C10H15ClN2O4. The minimum Gasteiger partial charge on any atom is -0.469 e. The van der Waals surface area contributed by atoms with E-state index in [4.69, 9.17) is 11.6 Å². The van der Waals surface area contributed by atoms with Crippen molar-refractivity contribution in [2.24, 2.45) is 5.92 Å². The first kappa shape index (κ1) is 13.8. The first-order chi connectivity index (χ1) is 8.08. The van der Waals surface area contributed by atoms with Crippen LogP contribution in [-0.2, 0) is 14.3 Å². The van der Waals surface area contributed by atoms with Crippen LogP contribution in [0.5, 0.6) is 0 Å². The monoisotopic (exact) mass is 262 g/mol. The minimum atomic E-state index is -0.545. The molecule has 1 N–H and O–H groups in total. The lowest BCUT2D eigenvalue weighted by Gasteiger charge is -2.30. The van der Waals surface area contributed by atoms with Crippen molar-refractivity contribution in [3.63, 3.8) is 0 Å². The number of likely N-dealkylation sites (tertiary alicyclic amines) is 1. The Balaban J connectivity index is 2.51. The normalized spacial score (nSPS) is 19.6. The molecule has 1 atom stereocenters. The first-order valence-electron chi connectivity index (χ1n) is 5.31. The van der Waals surface area contributed by atoms with Gasteiger partial charge in [0, 0.05) is 13.1 Å². The SMILES string of the molecule is COC(=O)C1CCCN(C(=O)NC(=O)CCl)C1. The zero-order chi connectivity index (χ0) is 12.8. The van der Waals surface area contributed by atoms with Gasteiger partial charge in [0.25, 0.3) is 0 Å². The van der Waals surface area contributed by atoms with Crippen LogP contribution in [0.2, 0.25) is 0 Å². The average Bonchev–Trinajstić information content (AvgIpc) is 2.37. The Morgan fingerprint density at radius 3 is 2.76 bits per heavy atom. The van der Waals surface area contributed by atoms with Crippen LogP contribution in [0.25, 0.3) is 0 Å². The van der Waals surface area contributed by atoms with E-state index < -0.39 is 11.9 Å². The predicted molar refractivity (Wildman–Crippen MR) is 60.6 cm³/mol. The van der Waals surface area contributed by atoms with Gasteiger partial charge in [0.05, 0.1) is 13.0 Å². The van der Waals surface area contributed by atoms with Gasteiger partial charge in [0.2, 0.25) is 5.91 Å². The Morgan fingerprint density at radius 1 is 1.47 bits per heavy atom. The van der Waals surface area contributed by atoms with E-state index in [1.807, 2.05) is 0 Å². The number of methoxy groups -OCH3 is 1. The molecule has 0 aromatic heterocycles. The van der Waals surface area contributed by atoms with Gasteiger partial charge < -0.3 is 9.64 Å². The summed E-state index contributed by atoms with van der Waals surface area (Å²) in [4.78, 5) is 35.3. The van der Waals surface area contributed by atoms with Gasteiger partial charge in [-0.25, -0.2) is 4.79 Å². The number of carbonyl (C=O) groups is 3. The number of halogens is 1. The number of piperidine rings is 1. The first-order valence-corrected chi connectivity index (χ1v) is 5.84. The number of imide groups is 1. The summed E-state index contributed by atoms with van der Waals surface area (Å²) in [6.07, 6.45) is 1.40. The van der Waals surface area contributed by atoms with Gasteiger partial charge >= 0.3 is 12.0 Å². The van der Waals surface area contributed by atoms with E-state index in [2.05, 4.69) is 10.1 Å². The number of esters is 1. The molecule has 1 fully saturated rings. The Kier molecular flexibility index (Phi) is 5.21. The number of carbonyl (C=O) groups excluding carboxylic acids is 3. The van der Waals surface area contributed by atoms with Crippen LogP contribution in [0.1, 0.15) is 12.8 Å². The zero-order valence-electron chi connectivity index (χ0n) is 9.57. The Bertz CT molecular complexity index is 321. The Morgan fingerprint density at radius 2 is 2.18 bits per heavy atom. The summed E-state index contributed by atoms with van der Waals surface area (Å²) in [5, 5.41) is 2.14. The molecule has 0 aromatic carbocycles. The largest absolute Gasteiger partial charge is 0.469 e. The third-order valence-electron chi connectivity index (χ3n) is 2.61. The highest BCUT2D eigenvalue weighted by molar-refractivity contribution is 6.28. The second kappa shape index (κ2) is 6.44. The Hall–Kier alpha value is -1.30. The van der Waals surface area contributed by atoms with E-state index in [-0.39, 0.29) is 24.3 Å². The van der Waals surface area contributed by atoms with Crippen molar-refractivity contribution in [1.29, 1.82) is 0 Å². The van der Waals surface area contributed by atoms with Crippen molar-refractivity contribution in [3.05, 3.63) is 0 Å². The lowest BCUT2D eigenvalue weighted by Crippen LogP contribution is -2.49. The summed E-state index contributed by atoms with van der Waals surface area (Å²) in [6.45, 7) is 0.795. The number of alkyl halides is 1. The molecule has 1 unspecified atom stereocenters. The fourth-order valence-corrected chi connectivity index (χ4v) is 1.82. The lowest BCUT2D eigenvalue weighted by atomic mass is 9.98. The van der Waals surface area contributed by atoms with Crippen molar-refractivity contribution >= 4 is 29.5 Å². The van der Waals surface area contributed by atoms with Crippen LogP contribution >= 0.6 is 11.6 Å². The summed E-state index contributed by atoms with van der Waals surface area (Å²) >= 11 is 5.28. The van der Waals surface area contributed by atoms with Gasteiger partial charge in [0.1, 0.15) is 5.88 Å². The molecule has 1 heterocycles. The quantitative estimate of drug-likeness (QED) is 0.575. The zero-order valence-corrected chi connectivity index (χ0v) is 10.3. The summed E-state index contributed by atoms with van der Waals surface area (Å²) < 4.78 is 4.63. The smallest absolute Gasteiger partial charge is 0.324 e. The number of hydrogen-bond donors (Lipinski definition) is 1. The standard InChI is InChI=1S/C10H15ClN2O4/c1-17-9(15)7-3-2-4-13(6-7)10(16)12-8(14)5-11/h7H,2-6H2,1H3,(H,12,14,16). The van der Waals surface area contributed by atoms with Crippen molar-refractivity contribution in [3.8, 4) is 0 Å². The van der Waals surface area contributed by atoms with E-state index in [1.165, 1.54) is 12.0 Å². The van der Waals surface area contributed by atoms with Crippen molar-refractivity contribution in [2.45, 2.75) is 12.8 Å². The molecule has 0 bridgehead atoms. The Labute approximate surface area is 104 Å². The number of hydrogen-bond acceptors (Lipinski definition) is 4. The highest BCUT2D eigenvalue weighted by Gasteiger charge is 2.29. The van der Waals surface area contributed by atoms with Crippen LogP contribution in [0.3, 0.4) is 0 Å².